The van der Waals surface area contributed by atoms with Crippen LogP contribution in [0, 0.1) is 0 Å². The molecule has 0 radical (unpaired) electrons. The number of hydrogen-bond donors (Lipinski definition) is 1. The molecule has 0 bridgehead atoms. The minimum Gasteiger partial charge on any atom is -0.502 e. The molecule has 0 aromatic carbocycles. The summed E-state index contributed by atoms with van der Waals surface area (Å²) >= 11 is 0. The smallest absolute Gasteiger partial charge is 0.0564 e. The molecule has 0 spiro atoms. The van der Waals surface area contributed by atoms with Gasteiger partial charge in [-0.25, -0.2) is 0 Å². The molecular weight excluding hydrogens is 205 g/mol. The first-order valence-corrected chi connectivity index (χ1v) is 8.18. The van der Waals surface area contributed by atoms with Crippen molar-refractivity contribution in [3.8, 4) is 0 Å². The molecule has 0 aliphatic heterocycles. The van der Waals surface area contributed by atoms with Crippen molar-refractivity contribution in [2.75, 3.05) is 0 Å². The summed E-state index contributed by atoms with van der Waals surface area (Å²) in [5.41, 5.74) is 6.68. The zero-order valence-corrected chi connectivity index (χ0v) is 12.6. The van der Waals surface area contributed by atoms with E-state index in [2.05, 4.69) is 20.8 Å². The summed E-state index contributed by atoms with van der Waals surface area (Å²) in [6.45, 7) is 6.83. The Balaban J connectivity index is 3.95. The topological polar surface area (TPSA) is 26.0 Å². The lowest BCUT2D eigenvalue weighted by molar-refractivity contribution is 0.713. The highest BCUT2D eigenvalue weighted by Gasteiger charge is 2.18. The second-order valence-corrected chi connectivity index (χ2v) is 6.06. The Bertz CT molecular complexity index is 132. The van der Waals surface area contributed by atoms with Crippen molar-refractivity contribution in [1.82, 2.24) is 0 Å². The van der Waals surface area contributed by atoms with Crippen LogP contribution in [0.2, 0.25) is 19.0 Å². The Labute approximate surface area is 110 Å². The fourth-order valence-electron chi connectivity index (χ4n) is 2.84. The molecule has 0 saturated carbocycles. The maximum atomic E-state index is 6.68. The molecule has 0 aromatic heterocycles. The summed E-state index contributed by atoms with van der Waals surface area (Å²) in [6.07, 6.45) is 15.5. The van der Waals surface area contributed by atoms with Crippen LogP contribution in [0.1, 0.15) is 78.6 Å². The fraction of sp³-hybridized carbons (Fsp3) is 1.00. The first-order valence-electron chi connectivity index (χ1n) is 8.18. The molecule has 0 aliphatic carbocycles. The first kappa shape index (κ1) is 17.0. The third kappa shape index (κ3) is 9.70. The third-order valence-corrected chi connectivity index (χ3v) is 4.15. The van der Waals surface area contributed by atoms with E-state index in [4.69, 9.17) is 5.64 Å². The maximum absolute atomic E-state index is 6.68. The summed E-state index contributed by atoms with van der Waals surface area (Å²) in [5.74, 6) is 0. The van der Waals surface area contributed by atoms with Gasteiger partial charge in [-0.3, -0.25) is 0 Å². The SMILES string of the molecule is CCCCC[B-](N)(CCCCC)CCCCC. The lowest BCUT2D eigenvalue weighted by Gasteiger charge is -2.35. The standard InChI is InChI=1S/C15H35BN/c1-4-7-10-13-16(17,14-11-8-5-2)15-12-9-6-3/h4-15,17H2,1-3H3/q-1. The normalized spacial score (nSPS) is 12.0. The highest BCUT2D eigenvalue weighted by atomic mass is 14.5. The molecule has 17 heavy (non-hydrogen) atoms. The van der Waals surface area contributed by atoms with Crippen LogP contribution >= 0.6 is 0 Å². The van der Waals surface area contributed by atoms with Gasteiger partial charge >= 0.3 is 0 Å². The van der Waals surface area contributed by atoms with Crippen molar-refractivity contribution >= 4 is 6.28 Å². The van der Waals surface area contributed by atoms with Gasteiger partial charge in [0, 0.05) is 0 Å². The minimum atomic E-state index is -0.529. The van der Waals surface area contributed by atoms with E-state index >= 15 is 0 Å². The molecule has 104 valence electrons. The fourth-order valence-corrected chi connectivity index (χ4v) is 2.84. The van der Waals surface area contributed by atoms with Crippen molar-refractivity contribution in [1.29, 1.82) is 0 Å². The molecule has 0 fully saturated rings. The van der Waals surface area contributed by atoms with Gasteiger partial charge in [-0.15, -0.1) is 0 Å². The highest BCUT2D eigenvalue weighted by Crippen LogP contribution is 2.24. The molecule has 0 aliphatic rings. The monoisotopic (exact) mass is 240 g/mol. The van der Waals surface area contributed by atoms with Crippen molar-refractivity contribution in [3.05, 3.63) is 0 Å². The molecule has 0 aromatic rings. The molecule has 0 rings (SSSR count). The Morgan fingerprint density at radius 1 is 0.588 bits per heavy atom. The Kier molecular flexibility index (Phi) is 11.2. The predicted molar refractivity (Wildman–Crippen MR) is 82.9 cm³/mol. The zero-order valence-electron chi connectivity index (χ0n) is 12.6. The third-order valence-electron chi connectivity index (χ3n) is 4.15. The lowest BCUT2D eigenvalue weighted by atomic mass is 9.29. The van der Waals surface area contributed by atoms with Crippen LogP contribution in [0.5, 0.6) is 0 Å². The van der Waals surface area contributed by atoms with Gasteiger partial charge in [0.2, 0.25) is 0 Å². The molecule has 0 unspecified atom stereocenters. The highest BCUT2D eigenvalue weighted by molar-refractivity contribution is 6.76. The molecule has 0 saturated heterocycles. The largest absolute Gasteiger partial charge is 0.502 e. The van der Waals surface area contributed by atoms with Gasteiger partial charge in [0.1, 0.15) is 0 Å². The van der Waals surface area contributed by atoms with Gasteiger partial charge in [0.15, 0.2) is 0 Å². The first-order chi connectivity index (χ1) is 8.18. The van der Waals surface area contributed by atoms with E-state index in [1.165, 1.54) is 76.7 Å². The Hall–Kier alpha value is 0.0249. The van der Waals surface area contributed by atoms with Crippen LogP contribution in [0.4, 0.5) is 0 Å². The number of nitrogens with two attached hydrogens (primary N) is 1. The van der Waals surface area contributed by atoms with Crippen LogP contribution in [0.15, 0.2) is 0 Å². The number of unbranched alkanes of at least 4 members (excludes halogenated alkanes) is 6. The molecule has 0 amide bonds. The lowest BCUT2D eigenvalue weighted by Crippen LogP contribution is -2.45. The summed E-state index contributed by atoms with van der Waals surface area (Å²) < 4.78 is 0. The second kappa shape index (κ2) is 11.1. The Morgan fingerprint density at radius 3 is 1.12 bits per heavy atom. The van der Waals surface area contributed by atoms with Crippen molar-refractivity contribution in [2.45, 2.75) is 97.5 Å². The summed E-state index contributed by atoms with van der Waals surface area (Å²) in [7, 11) is 0. The van der Waals surface area contributed by atoms with E-state index in [9.17, 15) is 0 Å². The average Bonchev–Trinajstić information content (AvgIpc) is 2.30. The van der Waals surface area contributed by atoms with Gasteiger partial charge in [-0.1, -0.05) is 78.6 Å². The van der Waals surface area contributed by atoms with Gasteiger partial charge in [-0.05, 0) is 0 Å². The quantitative estimate of drug-likeness (QED) is 0.355. The van der Waals surface area contributed by atoms with E-state index in [1.807, 2.05) is 0 Å². The average molecular weight is 240 g/mol. The molecular formula is C15H35BN-. The predicted octanol–water partition coefficient (Wildman–Crippen LogP) is 5.46. The van der Waals surface area contributed by atoms with Crippen molar-refractivity contribution < 1.29 is 0 Å². The molecule has 2 heteroatoms. The van der Waals surface area contributed by atoms with Crippen molar-refractivity contribution in [3.63, 3.8) is 0 Å². The molecule has 1 nitrogen and oxygen atoms in total. The summed E-state index contributed by atoms with van der Waals surface area (Å²) in [4.78, 5) is 0. The van der Waals surface area contributed by atoms with E-state index < -0.39 is 6.28 Å². The van der Waals surface area contributed by atoms with E-state index in [0.717, 1.165) is 0 Å². The van der Waals surface area contributed by atoms with Crippen LogP contribution in [0.25, 0.3) is 0 Å². The maximum Gasteiger partial charge on any atom is 0.0564 e. The Morgan fingerprint density at radius 2 is 0.882 bits per heavy atom. The number of hydrogen-bond acceptors (Lipinski definition) is 1. The van der Waals surface area contributed by atoms with Crippen molar-refractivity contribution in [2.24, 2.45) is 5.64 Å². The molecule has 0 atom stereocenters. The van der Waals surface area contributed by atoms with Gasteiger partial charge < -0.3 is 5.64 Å². The molecule has 2 N–H and O–H groups in total. The van der Waals surface area contributed by atoms with Gasteiger partial charge in [0.25, 0.3) is 0 Å². The summed E-state index contributed by atoms with van der Waals surface area (Å²) in [5, 5.41) is 0. The summed E-state index contributed by atoms with van der Waals surface area (Å²) in [6, 6.07) is 0. The zero-order chi connectivity index (χ0) is 13.0. The van der Waals surface area contributed by atoms with Gasteiger partial charge in [0.05, 0.1) is 6.28 Å². The van der Waals surface area contributed by atoms with Crippen LogP contribution in [0.3, 0.4) is 0 Å². The second-order valence-electron chi connectivity index (χ2n) is 6.06. The van der Waals surface area contributed by atoms with Crippen LogP contribution in [-0.2, 0) is 0 Å². The number of rotatable bonds is 12. The van der Waals surface area contributed by atoms with E-state index in [0.29, 0.717) is 0 Å². The van der Waals surface area contributed by atoms with Crippen LogP contribution < -0.4 is 5.64 Å². The van der Waals surface area contributed by atoms with Gasteiger partial charge in [-0.2, -0.15) is 19.0 Å². The minimum absolute atomic E-state index is 0.529. The molecule has 0 heterocycles. The van der Waals surface area contributed by atoms with E-state index in [1.54, 1.807) is 0 Å². The van der Waals surface area contributed by atoms with E-state index in [-0.39, 0.29) is 0 Å². The van der Waals surface area contributed by atoms with Crippen LogP contribution in [-0.4, -0.2) is 6.28 Å².